The summed E-state index contributed by atoms with van der Waals surface area (Å²) in [7, 11) is 0. The number of phenols is 1. The molecule has 0 amide bonds. The van der Waals surface area contributed by atoms with Gasteiger partial charge in [0.25, 0.3) is 5.69 Å². The minimum Gasteiger partial charge on any atom is -0.508 e. The number of nitrogens with two attached hydrogens (primary N) is 1. The Hall–Kier alpha value is -2.13. The number of hydrogen-bond donors (Lipinski definition) is 2. The van der Waals surface area contributed by atoms with Gasteiger partial charge < -0.3 is 10.8 Å². The minimum absolute atomic E-state index is 0.0374. The van der Waals surface area contributed by atoms with Crippen LogP contribution < -0.4 is 5.73 Å². The third-order valence-electron chi connectivity index (χ3n) is 1.92. The smallest absolute Gasteiger partial charge is 0.274 e. The third kappa shape index (κ3) is 2.42. The Morgan fingerprint density at radius 1 is 1.67 bits per heavy atom. The molecule has 6 heteroatoms. The quantitative estimate of drug-likeness (QED) is 0.571. The predicted octanol–water partition coefficient (Wildman–Crippen LogP) is 1.21. The van der Waals surface area contributed by atoms with Crippen molar-refractivity contribution in [1.29, 1.82) is 5.26 Å². The molecule has 0 aliphatic heterocycles. The second-order valence-corrected chi connectivity index (χ2v) is 2.97. The van der Waals surface area contributed by atoms with Gasteiger partial charge in [0.1, 0.15) is 5.75 Å². The molecule has 0 aliphatic rings. The number of rotatable bonds is 3. The van der Waals surface area contributed by atoms with Crippen molar-refractivity contribution >= 4 is 5.69 Å². The molecular weight excluding hydrogens is 198 g/mol. The van der Waals surface area contributed by atoms with Crippen molar-refractivity contribution in [3.63, 3.8) is 0 Å². The number of phenolic OH excluding ortho intramolecular Hbond substituents is 1. The first kappa shape index (κ1) is 10.9. The molecule has 0 unspecified atom stereocenters. The fourth-order valence-corrected chi connectivity index (χ4v) is 1.21. The van der Waals surface area contributed by atoms with Crippen molar-refractivity contribution < 1.29 is 10.0 Å². The van der Waals surface area contributed by atoms with Crippen LogP contribution in [0, 0.1) is 21.4 Å². The summed E-state index contributed by atoms with van der Waals surface area (Å²) in [6.07, 6.45) is -0.0374. The van der Waals surface area contributed by atoms with Crippen LogP contribution in [0.4, 0.5) is 5.69 Å². The molecule has 1 rings (SSSR count). The van der Waals surface area contributed by atoms with E-state index in [2.05, 4.69) is 0 Å². The maximum Gasteiger partial charge on any atom is 0.274 e. The Morgan fingerprint density at radius 2 is 2.33 bits per heavy atom. The van der Waals surface area contributed by atoms with Crippen LogP contribution >= 0.6 is 0 Å². The lowest BCUT2D eigenvalue weighted by Gasteiger charge is -2.08. The molecule has 6 nitrogen and oxygen atoms in total. The van der Waals surface area contributed by atoms with Crippen LogP contribution in [-0.2, 0) is 0 Å². The van der Waals surface area contributed by atoms with Crippen LogP contribution in [0.15, 0.2) is 18.2 Å². The fraction of sp³-hybridized carbons (Fsp3) is 0.222. The van der Waals surface area contributed by atoms with Crippen LogP contribution in [0.5, 0.6) is 5.75 Å². The van der Waals surface area contributed by atoms with Crippen LogP contribution in [-0.4, -0.2) is 10.0 Å². The molecule has 0 aromatic heterocycles. The molecule has 0 bridgehead atoms. The van der Waals surface area contributed by atoms with E-state index in [9.17, 15) is 15.2 Å². The van der Waals surface area contributed by atoms with Gasteiger partial charge in [-0.15, -0.1) is 0 Å². The lowest BCUT2D eigenvalue weighted by molar-refractivity contribution is -0.385. The Morgan fingerprint density at radius 3 is 2.87 bits per heavy atom. The number of hydrogen-bond acceptors (Lipinski definition) is 5. The van der Waals surface area contributed by atoms with Gasteiger partial charge in [-0.3, -0.25) is 10.1 Å². The van der Waals surface area contributed by atoms with E-state index in [4.69, 9.17) is 11.0 Å². The Balaban J connectivity index is 3.19. The fourth-order valence-electron chi connectivity index (χ4n) is 1.21. The van der Waals surface area contributed by atoms with Crippen LogP contribution in [0.2, 0.25) is 0 Å². The molecule has 0 saturated heterocycles. The van der Waals surface area contributed by atoms with E-state index in [0.29, 0.717) is 0 Å². The summed E-state index contributed by atoms with van der Waals surface area (Å²) in [5.41, 5.74) is 5.56. The van der Waals surface area contributed by atoms with Crippen molar-refractivity contribution in [3.8, 4) is 11.8 Å². The van der Waals surface area contributed by atoms with E-state index < -0.39 is 11.0 Å². The molecule has 0 spiro atoms. The third-order valence-corrected chi connectivity index (χ3v) is 1.92. The lowest BCUT2D eigenvalue weighted by Crippen LogP contribution is -2.11. The molecule has 0 aliphatic carbocycles. The van der Waals surface area contributed by atoms with E-state index in [-0.39, 0.29) is 23.4 Å². The minimum atomic E-state index is -0.762. The van der Waals surface area contributed by atoms with E-state index in [1.165, 1.54) is 18.2 Å². The van der Waals surface area contributed by atoms with E-state index in [1.807, 2.05) is 6.07 Å². The molecule has 3 N–H and O–H groups in total. The number of aromatic hydroxyl groups is 1. The monoisotopic (exact) mass is 207 g/mol. The molecule has 0 fully saturated rings. The van der Waals surface area contributed by atoms with Gasteiger partial charge in [0, 0.05) is 12.1 Å². The summed E-state index contributed by atoms with van der Waals surface area (Å²) >= 11 is 0. The lowest BCUT2D eigenvalue weighted by atomic mass is 10.0. The average Bonchev–Trinajstić information content (AvgIpc) is 2.17. The van der Waals surface area contributed by atoms with Crippen molar-refractivity contribution in [2.75, 3.05) is 0 Å². The van der Waals surface area contributed by atoms with Crippen molar-refractivity contribution in [2.45, 2.75) is 12.5 Å². The maximum atomic E-state index is 10.6. The molecular formula is C9H9N3O3. The summed E-state index contributed by atoms with van der Waals surface area (Å²) in [6, 6.07) is 4.65. The van der Waals surface area contributed by atoms with Crippen molar-refractivity contribution in [1.82, 2.24) is 0 Å². The first-order valence-electron chi connectivity index (χ1n) is 4.16. The summed E-state index contributed by atoms with van der Waals surface area (Å²) in [6.45, 7) is 0. The molecule has 15 heavy (non-hydrogen) atoms. The SMILES string of the molecule is N#CC[C@H](N)c1cc(O)ccc1[N+](=O)[O-]. The van der Waals surface area contributed by atoms with Crippen molar-refractivity contribution in [3.05, 3.63) is 33.9 Å². The van der Waals surface area contributed by atoms with Crippen LogP contribution in [0.3, 0.4) is 0 Å². The molecule has 1 atom stereocenters. The second-order valence-electron chi connectivity index (χ2n) is 2.97. The molecule has 1 aromatic carbocycles. The zero-order valence-corrected chi connectivity index (χ0v) is 7.75. The Labute approximate surface area is 85.7 Å². The standard InChI is InChI=1S/C9H9N3O3/c10-4-3-8(11)7-5-6(13)1-2-9(7)12(14)15/h1-2,5,8,13H,3,11H2/t8-/m0/s1. The number of benzene rings is 1. The molecule has 0 radical (unpaired) electrons. The highest BCUT2D eigenvalue weighted by molar-refractivity contribution is 5.46. The van der Waals surface area contributed by atoms with Crippen LogP contribution in [0.1, 0.15) is 18.0 Å². The van der Waals surface area contributed by atoms with Gasteiger partial charge in [-0.05, 0) is 12.1 Å². The normalized spacial score (nSPS) is 11.7. The Kier molecular flexibility index (Phi) is 3.21. The van der Waals surface area contributed by atoms with E-state index in [0.717, 1.165) is 0 Å². The van der Waals surface area contributed by atoms with Gasteiger partial charge in [0.05, 0.1) is 23.0 Å². The number of nitro groups is 1. The summed E-state index contributed by atoms with van der Waals surface area (Å²) in [5.74, 6) is -0.107. The van der Waals surface area contributed by atoms with E-state index in [1.54, 1.807) is 0 Å². The van der Waals surface area contributed by atoms with Gasteiger partial charge in [-0.25, -0.2) is 0 Å². The van der Waals surface area contributed by atoms with Gasteiger partial charge in [-0.1, -0.05) is 0 Å². The van der Waals surface area contributed by atoms with Gasteiger partial charge in [-0.2, -0.15) is 5.26 Å². The van der Waals surface area contributed by atoms with Gasteiger partial charge in [0.15, 0.2) is 0 Å². The largest absolute Gasteiger partial charge is 0.508 e. The Bertz CT molecular complexity index is 425. The zero-order chi connectivity index (χ0) is 11.4. The van der Waals surface area contributed by atoms with Crippen molar-refractivity contribution in [2.24, 2.45) is 5.73 Å². The highest BCUT2D eigenvalue weighted by Gasteiger charge is 2.19. The number of nitrogens with zero attached hydrogens (tertiary/aromatic N) is 2. The second kappa shape index (κ2) is 4.39. The first-order valence-corrected chi connectivity index (χ1v) is 4.16. The van der Waals surface area contributed by atoms with Gasteiger partial charge >= 0.3 is 0 Å². The molecule has 78 valence electrons. The van der Waals surface area contributed by atoms with Crippen LogP contribution in [0.25, 0.3) is 0 Å². The zero-order valence-electron chi connectivity index (χ0n) is 7.75. The topological polar surface area (TPSA) is 113 Å². The first-order chi connectivity index (χ1) is 7.06. The maximum absolute atomic E-state index is 10.6. The van der Waals surface area contributed by atoms with Gasteiger partial charge in [0.2, 0.25) is 0 Å². The number of nitro benzene ring substituents is 1. The molecule has 0 heterocycles. The van der Waals surface area contributed by atoms with E-state index >= 15 is 0 Å². The molecule has 1 aromatic rings. The molecule has 0 saturated carbocycles. The summed E-state index contributed by atoms with van der Waals surface area (Å²) in [5, 5.41) is 28.2. The predicted molar refractivity (Wildman–Crippen MR) is 51.9 cm³/mol. The summed E-state index contributed by atoms with van der Waals surface area (Å²) in [4.78, 5) is 10.0. The average molecular weight is 207 g/mol. The number of nitriles is 1. The summed E-state index contributed by atoms with van der Waals surface area (Å²) < 4.78 is 0. The highest BCUT2D eigenvalue weighted by Crippen LogP contribution is 2.28. The highest BCUT2D eigenvalue weighted by atomic mass is 16.6.